The summed E-state index contributed by atoms with van der Waals surface area (Å²) in [5, 5.41) is 12.1. The second-order valence-electron chi connectivity index (χ2n) is 18.7. The van der Waals surface area contributed by atoms with Crippen LogP contribution in [0.4, 0.5) is 0 Å². The second-order valence-corrected chi connectivity index (χ2v) is 18.7. The Morgan fingerprint density at radius 2 is 1.19 bits per heavy atom. The van der Waals surface area contributed by atoms with E-state index in [0.717, 1.165) is 104 Å². The molecule has 0 atom stereocenters. The standard InChI is InChI=1S/C59H53N3O/c1-58(2,3)47-36-43(35-44(37-47)52-38-42(33-34-60-52)39-27-30-46(31-28-39)59(4,5)45-20-10-7-11-21-45)49-24-16-26-54-55(49)61-57(51-32-29-41-19-12-13-23-50(41)56(51)63)62(54)53-25-15-14-22-48(53)40-17-8-6-9-18-40/h6-11,14-18,20-22,24-38,63H,12-13,19,23H2,1-5H3. The molecule has 2 heterocycles. The van der Waals surface area contributed by atoms with Crippen LogP contribution < -0.4 is 0 Å². The molecule has 1 aliphatic carbocycles. The molecule has 9 aromatic rings. The molecule has 0 saturated carbocycles. The first kappa shape index (κ1) is 40.1. The number of fused-ring (bicyclic) bond motifs is 2. The minimum absolute atomic E-state index is 0.112. The van der Waals surface area contributed by atoms with Crippen LogP contribution in [0, 0.1) is 0 Å². The number of aromatic hydroxyl groups is 1. The Kier molecular flexibility index (Phi) is 10.2. The first-order valence-electron chi connectivity index (χ1n) is 22.3. The number of pyridine rings is 1. The van der Waals surface area contributed by atoms with Crippen molar-refractivity contribution >= 4 is 11.0 Å². The lowest BCUT2D eigenvalue weighted by molar-refractivity contribution is 0.463. The molecule has 0 fully saturated rings. The number of phenolic OH excluding ortho intramolecular Hbond substituents is 1. The second kappa shape index (κ2) is 16.0. The van der Waals surface area contributed by atoms with Crippen LogP contribution in [0.1, 0.15) is 75.3 Å². The summed E-state index contributed by atoms with van der Waals surface area (Å²) in [4.78, 5) is 10.5. The summed E-state index contributed by atoms with van der Waals surface area (Å²) in [5.41, 5.74) is 18.0. The topological polar surface area (TPSA) is 50.9 Å². The fourth-order valence-electron chi connectivity index (χ4n) is 9.51. The zero-order chi connectivity index (χ0) is 43.3. The molecule has 63 heavy (non-hydrogen) atoms. The highest BCUT2D eigenvalue weighted by Gasteiger charge is 2.26. The van der Waals surface area contributed by atoms with Crippen LogP contribution in [0.25, 0.3) is 72.7 Å². The molecule has 10 rings (SSSR count). The van der Waals surface area contributed by atoms with E-state index in [1.807, 2.05) is 6.20 Å². The average Bonchev–Trinajstić information content (AvgIpc) is 3.71. The normalized spacial score (nSPS) is 13.0. The molecule has 2 aromatic heterocycles. The molecular weight excluding hydrogens is 767 g/mol. The lowest BCUT2D eigenvalue weighted by Gasteiger charge is -2.26. The Balaban J connectivity index is 1.13. The fourth-order valence-corrected chi connectivity index (χ4v) is 9.51. The van der Waals surface area contributed by atoms with E-state index in [2.05, 4.69) is 209 Å². The number of benzene rings is 7. The van der Waals surface area contributed by atoms with E-state index in [-0.39, 0.29) is 10.8 Å². The molecule has 0 bridgehead atoms. The van der Waals surface area contributed by atoms with Gasteiger partial charge in [0.05, 0.1) is 28.0 Å². The van der Waals surface area contributed by atoms with Crippen molar-refractivity contribution in [3.05, 3.63) is 204 Å². The molecule has 0 spiro atoms. The number of para-hydroxylation sites is 2. The molecule has 310 valence electrons. The largest absolute Gasteiger partial charge is 0.507 e. The van der Waals surface area contributed by atoms with Crippen molar-refractivity contribution in [3.63, 3.8) is 0 Å². The van der Waals surface area contributed by atoms with Gasteiger partial charge < -0.3 is 5.11 Å². The molecule has 4 nitrogen and oxygen atoms in total. The first-order chi connectivity index (χ1) is 30.5. The van der Waals surface area contributed by atoms with Gasteiger partial charge in [0.15, 0.2) is 0 Å². The molecule has 0 amide bonds. The Bertz CT molecular complexity index is 3120. The Morgan fingerprint density at radius 1 is 0.508 bits per heavy atom. The van der Waals surface area contributed by atoms with E-state index in [1.165, 1.54) is 22.3 Å². The molecule has 0 aliphatic heterocycles. The van der Waals surface area contributed by atoms with E-state index in [1.54, 1.807) is 0 Å². The zero-order valence-corrected chi connectivity index (χ0v) is 36.9. The van der Waals surface area contributed by atoms with Gasteiger partial charge in [0, 0.05) is 28.3 Å². The summed E-state index contributed by atoms with van der Waals surface area (Å²) >= 11 is 0. The maximum atomic E-state index is 12.1. The molecule has 0 unspecified atom stereocenters. The van der Waals surface area contributed by atoms with Gasteiger partial charge in [-0.2, -0.15) is 0 Å². The van der Waals surface area contributed by atoms with Crippen molar-refractivity contribution in [3.8, 4) is 67.5 Å². The quantitative estimate of drug-likeness (QED) is 0.166. The Labute approximate surface area is 371 Å². The number of hydrogen-bond acceptors (Lipinski definition) is 3. The maximum absolute atomic E-state index is 12.1. The molecule has 1 N–H and O–H groups in total. The molecular formula is C59H53N3O. The smallest absolute Gasteiger partial charge is 0.149 e. The maximum Gasteiger partial charge on any atom is 0.149 e. The lowest BCUT2D eigenvalue weighted by Crippen LogP contribution is -2.18. The Hall–Kier alpha value is -7.04. The van der Waals surface area contributed by atoms with Gasteiger partial charge in [-0.15, -0.1) is 0 Å². The van der Waals surface area contributed by atoms with Crippen molar-refractivity contribution in [1.82, 2.24) is 14.5 Å². The minimum atomic E-state index is -0.133. The van der Waals surface area contributed by atoms with E-state index < -0.39 is 0 Å². The average molecular weight is 820 g/mol. The first-order valence-corrected chi connectivity index (χ1v) is 22.3. The van der Waals surface area contributed by atoms with Gasteiger partial charge in [0.1, 0.15) is 11.6 Å². The third kappa shape index (κ3) is 7.44. The minimum Gasteiger partial charge on any atom is -0.507 e. The van der Waals surface area contributed by atoms with Crippen molar-refractivity contribution in [2.24, 2.45) is 0 Å². The lowest BCUT2D eigenvalue weighted by atomic mass is 9.78. The molecule has 0 saturated heterocycles. The van der Waals surface area contributed by atoms with E-state index >= 15 is 0 Å². The third-order valence-electron chi connectivity index (χ3n) is 13.3. The van der Waals surface area contributed by atoms with Crippen LogP contribution >= 0.6 is 0 Å². The van der Waals surface area contributed by atoms with Gasteiger partial charge in [-0.1, -0.05) is 162 Å². The summed E-state index contributed by atoms with van der Waals surface area (Å²) in [6, 6.07) is 60.8. The predicted octanol–water partition coefficient (Wildman–Crippen LogP) is 15.0. The van der Waals surface area contributed by atoms with Crippen molar-refractivity contribution in [2.45, 2.75) is 71.1 Å². The van der Waals surface area contributed by atoms with Crippen LogP contribution in [0.5, 0.6) is 5.75 Å². The van der Waals surface area contributed by atoms with Crippen molar-refractivity contribution in [2.75, 3.05) is 0 Å². The SMILES string of the molecule is CC(C)(C)c1cc(-c2cc(-c3ccc(C(C)(C)c4ccccc4)cc3)ccn2)cc(-c2cccc3c2nc(-c2ccc4c(c2O)CCCC4)n3-c2ccccc2-c2ccccc2)c1. The van der Waals surface area contributed by atoms with Crippen LogP contribution in [0.15, 0.2) is 176 Å². The van der Waals surface area contributed by atoms with E-state index in [9.17, 15) is 5.11 Å². The molecule has 0 radical (unpaired) electrons. The fraction of sp³-hybridized carbons (Fsp3) is 0.186. The van der Waals surface area contributed by atoms with Gasteiger partial charge in [0.25, 0.3) is 0 Å². The highest BCUT2D eigenvalue weighted by molar-refractivity contribution is 5.98. The number of aromatic nitrogens is 3. The highest BCUT2D eigenvalue weighted by Crippen LogP contribution is 2.44. The third-order valence-corrected chi connectivity index (χ3v) is 13.3. The van der Waals surface area contributed by atoms with Gasteiger partial charge in [-0.25, -0.2) is 4.98 Å². The monoisotopic (exact) mass is 819 g/mol. The highest BCUT2D eigenvalue weighted by atomic mass is 16.3. The van der Waals surface area contributed by atoms with Crippen LogP contribution in [-0.2, 0) is 23.7 Å². The van der Waals surface area contributed by atoms with Crippen LogP contribution in [0.2, 0.25) is 0 Å². The summed E-state index contributed by atoms with van der Waals surface area (Å²) in [5.74, 6) is 1.08. The van der Waals surface area contributed by atoms with Gasteiger partial charge >= 0.3 is 0 Å². The van der Waals surface area contributed by atoms with Crippen LogP contribution in [-0.4, -0.2) is 19.6 Å². The Morgan fingerprint density at radius 3 is 1.97 bits per heavy atom. The summed E-state index contributed by atoms with van der Waals surface area (Å²) in [6.45, 7) is 11.4. The number of hydrogen-bond donors (Lipinski definition) is 1. The molecule has 4 heteroatoms. The molecule has 7 aromatic carbocycles. The van der Waals surface area contributed by atoms with E-state index in [0.29, 0.717) is 5.75 Å². The van der Waals surface area contributed by atoms with Gasteiger partial charge in [-0.3, -0.25) is 9.55 Å². The van der Waals surface area contributed by atoms with Gasteiger partial charge in [-0.05, 0) is 124 Å². The van der Waals surface area contributed by atoms with Crippen molar-refractivity contribution < 1.29 is 5.11 Å². The number of phenols is 1. The van der Waals surface area contributed by atoms with E-state index in [4.69, 9.17) is 9.97 Å². The number of imidazole rings is 1. The molecule has 1 aliphatic rings. The van der Waals surface area contributed by atoms with Crippen molar-refractivity contribution in [1.29, 1.82) is 0 Å². The zero-order valence-electron chi connectivity index (χ0n) is 36.9. The summed E-state index contributed by atoms with van der Waals surface area (Å²) < 4.78 is 2.26. The van der Waals surface area contributed by atoms with Crippen LogP contribution in [0.3, 0.4) is 0 Å². The van der Waals surface area contributed by atoms with Gasteiger partial charge in [0.2, 0.25) is 0 Å². The number of aryl methyl sites for hydroxylation is 1. The summed E-state index contributed by atoms with van der Waals surface area (Å²) in [7, 11) is 0. The number of rotatable bonds is 8. The summed E-state index contributed by atoms with van der Waals surface area (Å²) in [6.07, 6.45) is 6.01. The number of nitrogens with zero attached hydrogens (tertiary/aromatic N) is 3. The predicted molar refractivity (Wildman–Crippen MR) is 262 cm³/mol.